The molecule has 2 aromatic carbocycles. The number of carbonyl (C=O) groups excluding carboxylic acids is 2. The van der Waals surface area contributed by atoms with Gasteiger partial charge in [0.25, 0.3) is 11.1 Å². The molecule has 36 heavy (non-hydrogen) atoms. The Morgan fingerprint density at radius 1 is 1.22 bits per heavy atom. The van der Waals surface area contributed by atoms with Crippen molar-refractivity contribution in [3.05, 3.63) is 58.0 Å². The maximum Gasteiger partial charge on any atom is 0.298 e. The van der Waals surface area contributed by atoms with Gasteiger partial charge in [-0.25, -0.2) is 4.90 Å². The number of aromatic hydroxyl groups is 1. The normalized spacial score (nSPS) is 20.4. The Morgan fingerprint density at radius 3 is 2.61 bits per heavy atom. The molecule has 2 N–H and O–H groups in total. The van der Waals surface area contributed by atoms with Gasteiger partial charge in [-0.2, -0.15) is 0 Å². The van der Waals surface area contributed by atoms with Crippen molar-refractivity contribution in [3.8, 4) is 17.2 Å². The summed E-state index contributed by atoms with van der Waals surface area (Å²) in [6.45, 7) is 14.8. The van der Waals surface area contributed by atoms with Crippen LogP contribution in [-0.4, -0.2) is 41.0 Å². The summed E-state index contributed by atoms with van der Waals surface area (Å²) in [6, 6.07) is 7.04. The van der Waals surface area contributed by atoms with Crippen LogP contribution in [0.25, 0.3) is 0 Å². The smallest absolute Gasteiger partial charge is 0.298 e. The van der Waals surface area contributed by atoms with E-state index in [1.165, 1.54) is 0 Å². The second-order valence-electron chi connectivity index (χ2n) is 9.75. The van der Waals surface area contributed by atoms with Crippen LogP contribution in [0.1, 0.15) is 48.9 Å². The van der Waals surface area contributed by atoms with Crippen molar-refractivity contribution >= 4 is 28.6 Å². The van der Waals surface area contributed by atoms with Crippen LogP contribution in [0.15, 0.2) is 35.7 Å². The van der Waals surface area contributed by atoms with Crippen molar-refractivity contribution in [2.24, 2.45) is 0 Å². The van der Waals surface area contributed by atoms with E-state index in [-0.39, 0.29) is 16.2 Å². The van der Waals surface area contributed by atoms with Crippen molar-refractivity contribution in [2.45, 2.75) is 65.5 Å². The molecule has 2 atom stereocenters. The van der Waals surface area contributed by atoms with Gasteiger partial charge < -0.3 is 19.9 Å². The Labute approximate surface area is 216 Å². The number of fused-ring (bicyclic) bond motifs is 1. The molecule has 4 rings (SSSR count). The molecule has 0 radical (unpaired) electrons. The quantitative estimate of drug-likeness (QED) is 0.450. The summed E-state index contributed by atoms with van der Waals surface area (Å²) in [6.07, 6.45) is 2.35. The third-order valence-corrected chi connectivity index (χ3v) is 7.92. The Kier molecular flexibility index (Phi) is 7.38. The van der Waals surface area contributed by atoms with Crippen LogP contribution in [0.5, 0.6) is 17.2 Å². The number of likely N-dealkylation sites (N-methyl/N-ethyl adjacent to an activating group) is 1. The number of benzene rings is 2. The first-order valence-corrected chi connectivity index (χ1v) is 13.1. The number of ether oxygens (including phenoxy) is 2. The molecule has 2 aliphatic heterocycles. The van der Waals surface area contributed by atoms with Crippen molar-refractivity contribution in [3.63, 3.8) is 0 Å². The lowest BCUT2D eigenvalue weighted by molar-refractivity contribution is -0.113. The van der Waals surface area contributed by atoms with E-state index < -0.39 is 11.5 Å². The summed E-state index contributed by atoms with van der Waals surface area (Å²) >= 11 is 0.837. The van der Waals surface area contributed by atoms with Crippen LogP contribution in [0.4, 0.5) is 10.5 Å². The minimum Gasteiger partial charge on any atom is -0.507 e. The fourth-order valence-corrected chi connectivity index (χ4v) is 5.66. The number of imide groups is 1. The summed E-state index contributed by atoms with van der Waals surface area (Å²) in [5.41, 5.74) is 3.81. The van der Waals surface area contributed by atoms with E-state index in [9.17, 15) is 14.7 Å². The van der Waals surface area contributed by atoms with Gasteiger partial charge in [0.2, 0.25) is 0 Å². The van der Waals surface area contributed by atoms with E-state index in [1.54, 1.807) is 18.2 Å². The van der Waals surface area contributed by atoms with E-state index in [4.69, 9.17) is 9.47 Å². The molecule has 8 heteroatoms. The van der Waals surface area contributed by atoms with E-state index in [2.05, 4.69) is 18.8 Å². The monoisotopic (exact) mass is 510 g/mol. The molecular formula is C28H34N2O5S. The van der Waals surface area contributed by atoms with Gasteiger partial charge in [-0.3, -0.25) is 9.59 Å². The van der Waals surface area contributed by atoms with Gasteiger partial charge in [0.1, 0.15) is 29.5 Å². The molecule has 7 nitrogen and oxygen atoms in total. The maximum atomic E-state index is 12.5. The van der Waals surface area contributed by atoms with Gasteiger partial charge in [0.15, 0.2) is 0 Å². The predicted octanol–water partition coefficient (Wildman–Crippen LogP) is 5.56. The standard InChI is InChI=1S/C28H34N2O5S/c1-7-29-20(14-28(6)13-12-21-18(4)24(31)16(2)17(3)25(21)35-28)15-34-23-11-9-8-10-22(23)30-26(32)19(5)36-27(30)33/h8-11,20,29,31H,5,7,12-15H2,1-4,6H3. The van der Waals surface area contributed by atoms with Crippen LogP contribution < -0.4 is 19.7 Å². The molecular weight excluding hydrogens is 476 g/mol. The van der Waals surface area contributed by atoms with Crippen molar-refractivity contribution in [1.29, 1.82) is 0 Å². The molecule has 2 aromatic rings. The molecule has 0 spiro atoms. The highest BCUT2D eigenvalue weighted by molar-refractivity contribution is 8.18. The molecule has 2 amide bonds. The summed E-state index contributed by atoms with van der Waals surface area (Å²) in [5, 5.41) is 13.6. The zero-order valence-corrected chi connectivity index (χ0v) is 22.4. The third-order valence-electron chi connectivity index (χ3n) is 7.14. The van der Waals surface area contributed by atoms with E-state index >= 15 is 0 Å². The average molecular weight is 511 g/mol. The summed E-state index contributed by atoms with van der Waals surface area (Å²) in [7, 11) is 0. The Bertz CT molecular complexity index is 1230. The first kappa shape index (κ1) is 26.1. The number of amides is 2. The van der Waals surface area contributed by atoms with Crippen LogP contribution >= 0.6 is 11.8 Å². The Hall–Kier alpha value is -2.97. The Morgan fingerprint density at radius 2 is 1.94 bits per heavy atom. The molecule has 0 aliphatic carbocycles. The highest BCUT2D eigenvalue weighted by atomic mass is 32.2. The zero-order chi connectivity index (χ0) is 26.2. The van der Waals surface area contributed by atoms with Gasteiger partial charge in [-0.15, -0.1) is 0 Å². The SMILES string of the molecule is C=C1SC(=O)N(c2ccccc2OCC(CC2(C)CCc3c(C)c(O)c(C)c(C)c3O2)NCC)C1=O. The van der Waals surface area contributed by atoms with Crippen LogP contribution in [0.2, 0.25) is 0 Å². The number of hydrogen-bond acceptors (Lipinski definition) is 7. The molecule has 2 unspecified atom stereocenters. The predicted molar refractivity (Wildman–Crippen MR) is 143 cm³/mol. The number of rotatable bonds is 8. The van der Waals surface area contributed by atoms with Gasteiger partial charge in [-0.1, -0.05) is 25.6 Å². The van der Waals surface area contributed by atoms with Crippen molar-refractivity contribution in [2.75, 3.05) is 18.1 Å². The number of phenolic OH excluding ortho intramolecular Hbond substituents is 1. The molecule has 2 aliphatic rings. The number of carbonyl (C=O) groups is 2. The number of para-hydroxylation sites is 2. The summed E-state index contributed by atoms with van der Waals surface area (Å²) < 4.78 is 12.8. The molecule has 1 fully saturated rings. The highest BCUT2D eigenvalue weighted by Gasteiger charge is 2.38. The highest BCUT2D eigenvalue weighted by Crippen LogP contribution is 2.44. The van der Waals surface area contributed by atoms with Crippen LogP contribution in [-0.2, 0) is 11.2 Å². The first-order chi connectivity index (χ1) is 17.1. The zero-order valence-electron chi connectivity index (χ0n) is 21.6. The van der Waals surface area contributed by atoms with E-state index in [0.717, 1.165) is 64.1 Å². The number of anilines is 1. The van der Waals surface area contributed by atoms with E-state index in [0.29, 0.717) is 30.2 Å². The van der Waals surface area contributed by atoms with Gasteiger partial charge in [-0.05, 0) is 87.7 Å². The number of hydrogen-bond donors (Lipinski definition) is 2. The summed E-state index contributed by atoms with van der Waals surface area (Å²) in [5.74, 6) is 1.28. The fraction of sp³-hybridized carbons (Fsp3) is 0.429. The van der Waals surface area contributed by atoms with Gasteiger partial charge in [0, 0.05) is 18.0 Å². The molecule has 0 aromatic heterocycles. The van der Waals surface area contributed by atoms with Crippen LogP contribution in [0.3, 0.4) is 0 Å². The third kappa shape index (κ3) is 4.84. The minimum absolute atomic E-state index is 0.0245. The topological polar surface area (TPSA) is 88.1 Å². The first-order valence-electron chi connectivity index (χ1n) is 12.3. The maximum absolute atomic E-state index is 12.5. The molecule has 0 bridgehead atoms. The molecule has 2 heterocycles. The molecule has 0 saturated carbocycles. The average Bonchev–Trinajstić information content (AvgIpc) is 3.10. The second kappa shape index (κ2) is 10.2. The van der Waals surface area contributed by atoms with E-state index in [1.807, 2.05) is 33.8 Å². The Balaban J connectivity index is 1.52. The van der Waals surface area contributed by atoms with Crippen LogP contribution in [0, 0.1) is 20.8 Å². The minimum atomic E-state index is -0.418. The number of thioether (sulfide) groups is 1. The van der Waals surface area contributed by atoms with Crippen molar-refractivity contribution in [1.82, 2.24) is 5.32 Å². The fourth-order valence-electron chi connectivity index (χ4n) is 5.00. The molecule has 1 saturated heterocycles. The molecule has 192 valence electrons. The van der Waals surface area contributed by atoms with Gasteiger partial charge >= 0.3 is 0 Å². The summed E-state index contributed by atoms with van der Waals surface area (Å²) in [4.78, 5) is 26.2. The lowest BCUT2D eigenvalue weighted by Gasteiger charge is -2.40. The van der Waals surface area contributed by atoms with Crippen molar-refractivity contribution < 1.29 is 24.2 Å². The number of nitrogens with zero attached hydrogens (tertiary/aromatic N) is 1. The van der Waals surface area contributed by atoms with Gasteiger partial charge in [0.05, 0.1) is 10.6 Å². The second-order valence-corrected chi connectivity index (χ2v) is 10.8. The lowest BCUT2D eigenvalue weighted by Crippen LogP contribution is -2.46. The number of phenols is 1. The number of nitrogens with one attached hydrogen (secondary N) is 1. The largest absolute Gasteiger partial charge is 0.507 e. The lowest BCUT2D eigenvalue weighted by atomic mass is 9.84.